The Balaban J connectivity index is 2.15. The Morgan fingerprint density at radius 1 is 1.00 bits per heavy atom. The summed E-state index contributed by atoms with van der Waals surface area (Å²) in [6.45, 7) is 6.66. The van der Waals surface area contributed by atoms with Crippen molar-refractivity contribution in [3.8, 4) is 11.5 Å². The highest BCUT2D eigenvalue weighted by atomic mass is 16.5. The van der Waals surface area contributed by atoms with Crippen molar-refractivity contribution in [1.82, 2.24) is 0 Å². The summed E-state index contributed by atoms with van der Waals surface area (Å²) in [4.78, 5) is 0. The molecule has 2 aromatic rings. The molecule has 0 amide bonds. The largest absolute Gasteiger partial charge is 0.493 e. The third-order valence-corrected chi connectivity index (χ3v) is 3.39. The highest BCUT2D eigenvalue weighted by Gasteiger charge is 2.08. The maximum Gasteiger partial charge on any atom is 0.161 e. The number of hydrogen-bond acceptors (Lipinski definition) is 3. The Kier molecular flexibility index (Phi) is 4.86. The zero-order chi connectivity index (χ0) is 15.4. The average molecular weight is 285 g/mol. The molecule has 2 N–H and O–H groups in total. The van der Waals surface area contributed by atoms with Crippen LogP contribution in [0.2, 0.25) is 0 Å². The van der Waals surface area contributed by atoms with Crippen molar-refractivity contribution < 1.29 is 9.47 Å². The van der Waals surface area contributed by atoms with Crippen molar-refractivity contribution in [3.63, 3.8) is 0 Å². The van der Waals surface area contributed by atoms with Gasteiger partial charge in [-0.25, -0.2) is 0 Å². The molecule has 0 heterocycles. The van der Waals surface area contributed by atoms with E-state index in [-0.39, 0.29) is 6.04 Å². The summed E-state index contributed by atoms with van der Waals surface area (Å²) in [7, 11) is 1.64. The Bertz CT molecular complexity index is 600. The minimum absolute atomic E-state index is 0.0210. The molecule has 0 saturated heterocycles. The summed E-state index contributed by atoms with van der Waals surface area (Å²) < 4.78 is 11.3. The van der Waals surface area contributed by atoms with E-state index in [4.69, 9.17) is 15.2 Å². The van der Waals surface area contributed by atoms with Crippen LogP contribution in [0.4, 0.5) is 0 Å². The van der Waals surface area contributed by atoms with Gasteiger partial charge >= 0.3 is 0 Å². The predicted octanol–water partition coefficient (Wildman–Crippen LogP) is 3.91. The first-order valence-electron chi connectivity index (χ1n) is 7.13. The molecule has 3 nitrogen and oxygen atoms in total. The van der Waals surface area contributed by atoms with Gasteiger partial charge in [0.1, 0.15) is 6.61 Å². The number of hydrogen-bond donors (Lipinski definition) is 1. The van der Waals surface area contributed by atoms with Crippen LogP contribution in [0.15, 0.2) is 36.4 Å². The SMILES string of the molecule is COc1cc([C@@H](C)N)ccc1OCc1cc(C)cc(C)c1. The molecule has 112 valence electrons. The second-order valence-electron chi connectivity index (χ2n) is 5.48. The molecular weight excluding hydrogens is 262 g/mol. The Labute approximate surface area is 126 Å². The Hall–Kier alpha value is -2.00. The second kappa shape index (κ2) is 6.64. The van der Waals surface area contributed by atoms with Gasteiger partial charge in [-0.05, 0) is 44.0 Å². The fourth-order valence-electron chi connectivity index (χ4n) is 2.40. The van der Waals surface area contributed by atoms with Crippen LogP contribution in [0.3, 0.4) is 0 Å². The van der Waals surface area contributed by atoms with Gasteiger partial charge in [-0.1, -0.05) is 35.4 Å². The topological polar surface area (TPSA) is 44.5 Å². The molecular formula is C18H23NO2. The third-order valence-electron chi connectivity index (χ3n) is 3.39. The lowest BCUT2D eigenvalue weighted by atomic mass is 10.1. The molecule has 0 aromatic heterocycles. The first-order chi connectivity index (χ1) is 9.99. The maximum atomic E-state index is 5.89. The van der Waals surface area contributed by atoms with Crippen molar-refractivity contribution in [2.24, 2.45) is 5.73 Å². The van der Waals surface area contributed by atoms with Gasteiger partial charge in [-0.15, -0.1) is 0 Å². The minimum atomic E-state index is -0.0210. The number of methoxy groups -OCH3 is 1. The number of benzene rings is 2. The summed E-state index contributed by atoms with van der Waals surface area (Å²) in [6, 6.07) is 12.2. The van der Waals surface area contributed by atoms with E-state index in [1.807, 2.05) is 25.1 Å². The molecule has 0 aliphatic heterocycles. The minimum Gasteiger partial charge on any atom is -0.493 e. The molecule has 2 rings (SSSR count). The summed E-state index contributed by atoms with van der Waals surface area (Å²) >= 11 is 0. The molecule has 2 aromatic carbocycles. The molecule has 0 fully saturated rings. The van der Waals surface area contributed by atoms with Crippen LogP contribution in [0, 0.1) is 13.8 Å². The lowest BCUT2D eigenvalue weighted by Crippen LogP contribution is -2.06. The zero-order valence-corrected chi connectivity index (χ0v) is 13.1. The van der Waals surface area contributed by atoms with Crippen molar-refractivity contribution in [3.05, 3.63) is 58.7 Å². The molecule has 0 radical (unpaired) electrons. The van der Waals surface area contributed by atoms with E-state index >= 15 is 0 Å². The fraction of sp³-hybridized carbons (Fsp3) is 0.333. The molecule has 0 unspecified atom stereocenters. The average Bonchev–Trinajstić information content (AvgIpc) is 2.43. The standard InChI is InChI=1S/C18H23NO2/c1-12-7-13(2)9-15(8-12)11-21-17-6-5-16(14(3)19)10-18(17)20-4/h5-10,14H,11,19H2,1-4H3/t14-/m1/s1. The molecule has 3 heteroatoms. The van der Waals surface area contributed by atoms with Gasteiger partial charge in [0.2, 0.25) is 0 Å². The summed E-state index contributed by atoms with van der Waals surface area (Å²) in [5.74, 6) is 1.45. The fourth-order valence-corrected chi connectivity index (χ4v) is 2.40. The third kappa shape index (κ3) is 3.99. The second-order valence-corrected chi connectivity index (χ2v) is 5.48. The van der Waals surface area contributed by atoms with E-state index in [2.05, 4.69) is 32.0 Å². The van der Waals surface area contributed by atoms with Crippen LogP contribution >= 0.6 is 0 Å². The van der Waals surface area contributed by atoms with Crippen molar-refractivity contribution >= 4 is 0 Å². The van der Waals surface area contributed by atoms with Crippen molar-refractivity contribution in [2.75, 3.05) is 7.11 Å². The van der Waals surface area contributed by atoms with Gasteiger partial charge in [-0.2, -0.15) is 0 Å². The smallest absolute Gasteiger partial charge is 0.161 e. The molecule has 0 spiro atoms. The van der Waals surface area contributed by atoms with Crippen LogP contribution in [0.25, 0.3) is 0 Å². The number of aryl methyl sites for hydroxylation is 2. The van der Waals surface area contributed by atoms with Crippen LogP contribution < -0.4 is 15.2 Å². The highest BCUT2D eigenvalue weighted by molar-refractivity contribution is 5.44. The van der Waals surface area contributed by atoms with Gasteiger partial charge in [0.05, 0.1) is 7.11 Å². The Morgan fingerprint density at radius 3 is 2.24 bits per heavy atom. The predicted molar refractivity (Wildman–Crippen MR) is 85.8 cm³/mol. The van der Waals surface area contributed by atoms with Crippen LogP contribution in [-0.2, 0) is 6.61 Å². The van der Waals surface area contributed by atoms with Gasteiger partial charge < -0.3 is 15.2 Å². The summed E-state index contributed by atoms with van der Waals surface area (Å²) in [5.41, 5.74) is 10.6. The number of ether oxygens (including phenoxy) is 2. The molecule has 0 bridgehead atoms. The van der Waals surface area contributed by atoms with E-state index in [1.165, 1.54) is 11.1 Å². The summed E-state index contributed by atoms with van der Waals surface area (Å²) in [6.07, 6.45) is 0. The highest BCUT2D eigenvalue weighted by Crippen LogP contribution is 2.30. The van der Waals surface area contributed by atoms with E-state index in [9.17, 15) is 0 Å². The normalized spacial score (nSPS) is 12.0. The number of nitrogens with two attached hydrogens (primary N) is 1. The molecule has 0 saturated carbocycles. The molecule has 0 aliphatic carbocycles. The van der Waals surface area contributed by atoms with Gasteiger partial charge in [-0.3, -0.25) is 0 Å². The monoisotopic (exact) mass is 285 g/mol. The van der Waals surface area contributed by atoms with Gasteiger partial charge in [0.25, 0.3) is 0 Å². The first-order valence-corrected chi connectivity index (χ1v) is 7.13. The Morgan fingerprint density at radius 2 is 1.67 bits per heavy atom. The van der Waals surface area contributed by atoms with Crippen LogP contribution in [-0.4, -0.2) is 7.11 Å². The van der Waals surface area contributed by atoms with E-state index in [0.717, 1.165) is 16.9 Å². The lowest BCUT2D eigenvalue weighted by Gasteiger charge is -2.14. The summed E-state index contributed by atoms with van der Waals surface area (Å²) in [5, 5.41) is 0. The van der Waals surface area contributed by atoms with Crippen LogP contribution in [0.1, 0.15) is 35.2 Å². The maximum absolute atomic E-state index is 5.89. The van der Waals surface area contributed by atoms with Crippen LogP contribution in [0.5, 0.6) is 11.5 Å². The zero-order valence-electron chi connectivity index (χ0n) is 13.1. The number of rotatable bonds is 5. The van der Waals surface area contributed by atoms with E-state index < -0.39 is 0 Å². The molecule has 1 atom stereocenters. The quantitative estimate of drug-likeness (QED) is 0.905. The lowest BCUT2D eigenvalue weighted by molar-refractivity contribution is 0.284. The molecule has 0 aliphatic rings. The van der Waals surface area contributed by atoms with Gasteiger partial charge in [0.15, 0.2) is 11.5 Å². The van der Waals surface area contributed by atoms with Crippen molar-refractivity contribution in [1.29, 1.82) is 0 Å². The molecule has 21 heavy (non-hydrogen) atoms. The van der Waals surface area contributed by atoms with Gasteiger partial charge in [0, 0.05) is 6.04 Å². The van der Waals surface area contributed by atoms with Crippen molar-refractivity contribution in [2.45, 2.75) is 33.4 Å². The van der Waals surface area contributed by atoms with E-state index in [1.54, 1.807) is 7.11 Å². The first kappa shape index (κ1) is 15.4. The van der Waals surface area contributed by atoms with E-state index in [0.29, 0.717) is 12.4 Å².